The second kappa shape index (κ2) is 4.10. The van der Waals surface area contributed by atoms with Crippen molar-refractivity contribution in [2.75, 3.05) is 0 Å². The van der Waals surface area contributed by atoms with Crippen LogP contribution < -0.4 is 10.5 Å². The van der Waals surface area contributed by atoms with E-state index in [1.54, 1.807) is 0 Å². The molecule has 0 spiro atoms. The van der Waals surface area contributed by atoms with Crippen LogP contribution in [0, 0.1) is 0 Å². The molecular weight excluding hydrogens is 198 g/mol. The molecule has 0 amide bonds. The lowest BCUT2D eigenvalue weighted by Crippen LogP contribution is -2.16. The minimum Gasteiger partial charge on any atom is -0.490 e. The third-order valence-electron chi connectivity index (χ3n) is 2.93. The van der Waals surface area contributed by atoms with Crippen LogP contribution in [0.1, 0.15) is 44.7 Å². The van der Waals surface area contributed by atoms with E-state index in [9.17, 15) is 0 Å². The average molecular weight is 219 g/mol. The highest BCUT2D eigenvalue weighted by molar-refractivity contribution is 5.39. The van der Waals surface area contributed by atoms with Crippen molar-refractivity contribution in [2.24, 2.45) is 5.73 Å². The van der Waals surface area contributed by atoms with Crippen LogP contribution >= 0.6 is 0 Å². The molecule has 1 aromatic carbocycles. The van der Waals surface area contributed by atoms with Gasteiger partial charge in [0.2, 0.25) is 0 Å². The third-order valence-corrected chi connectivity index (χ3v) is 2.93. The van der Waals surface area contributed by atoms with Gasteiger partial charge in [-0.25, -0.2) is 0 Å². The van der Waals surface area contributed by atoms with Crippen molar-refractivity contribution < 1.29 is 4.74 Å². The fraction of sp³-hybridized carbons (Fsp3) is 0.571. The molecular formula is C14H21NO. The number of hydrogen-bond acceptors (Lipinski definition) is 2. The summed E-state index contributed by atoms with van der Waals surface area (Å²) in [5.41, 5.74) is 8.47. The van der Waals surface area contributed by atoms with Crippen molar-refractivity contribution in [3.05, 3.63) is 29.3 Å². The van der Waals surface area contributed by atoms with Gasteiger partial charge in [0, 0.05) is 6.54 Å². The Kier molecular flexibility index (Phi) is 2.94. The number of benzene rings is 1. The molecule has 0 aliphatic heterocycles. The summed E-state index contributed by atoms with van der Waals surface area (Å²) in [6.45, 7) is 7.21. The monoisotopic (exact) mass is 219 g/mol. The summed E-state index contributed by atoms with van der Waals surface area (Å²) < 4.78 is 5.78. The van der Waals surface area contributed by atoms with Crippen LogP contribution in [-0.4, -0.2) is 6.10 Å². The summed E-state index contributed by atoms with van der Waals surface area (Å²) in [5.74, 6) is 0.968. The van der Waals surface area contributed by atoms with Gasteiger partial charge in [0.25, 0.3) is 0 Å². The van der Waals surface area contributed by atoms with Crippen LogP contribution in [-0.2, 0) is 12.0 Å². The van der Waals surface area contributed by atoms with Gasteiger partial charge < -0.3 is 10.5 Å². The minimum atomic E-state index is 0.146. The van der Waals surface area contributed by atoms with Crippen LogP contribution in [0.25, 0.3) is 0 Å². The maximum atomic E-state index is 5.81. The molecule has 0 heterocycles. The maximum Gasteiger partial charge on any atom is 0.120 e. The highest BCUT2D eigenvalue weighted by atomic mass is 16.5. The van der Waals surface area contributed by atoms with Crippen LogP contribution in [0.5, 0.6) is 5.75 Å². The Morgan fingerprint density at radius 2 is 2.00 bits per heavy atom. The fourth-order valence-corrected chi connectivity index (χ4v) is 1.92. The van der Waals surface area contributed by atoms with E-state index in [2.05, 4.69) is 39.0 Å². The van der Waals surface area contributed by atoms with Crippen molar-refractivity contribution in [1.82, 2.24) is 0 Å². The molecule has 0 unspecified atom stereocenters. The van der Waals surface area contributed by atoms with Gasteiger partial charge in [-0.15, -0.1) is 0 Å². The Morgan fingerprint density at radius 3 is 2.50 bits per heavy atom. The zero-order valence-corrected chi connectivity index (χ0v) is 10.4. The minimum absolute atomic E-state index is 0.146. The normalized spacial score (nSPS) is 16.2. The zero-order valence-electron chi connectivity index (χ0n) is 10.4. The second-order valence-electron chi connectivity index (χ2n) is 5.59. The van der Waals surface area contributed by atoms with E-state index in [-0.39, 0.29) is 5.41 Å². The van der Waals surface area contributed by atoms with Gasteiger partial charge in [-0.3, -0.25) is 0 Å². The first-order valence-corrected chi connectivity index (χ1v) is 6.01. The van der Waals surface area contributed by atoms with E-state index in [0.29, 0.717) is 12.6 Å². The molecule has 1 aromatic rings. The van der Waals surface area contributed by atoms with Gasteiger partial charge in [0.15, 0.2) is 0 Å². The standard InChI is InChI=1S/C14H21NO/c1-14(2,3)13-7-6-12(8-10(13)9-15)16-11-4-5-11/h6-8,11H,4-5,9,15H2,1-3H3. The molecule has 1 fully saturated rings. The first-order chi connectivity index (χ1) is 7.50. The number of hydrogen-bond donors (Lipinski definition) is 1. The summed E-state index contributed by atoms with van der Waals surface area (Å²) >= 11 is 0. The quantitative estimate of drug-likeness (QED) is 0.848. The summed E-state index contributed by atoms with van der Waals surface area (Å²) in [6, 6.07) is 6.32. The predicted octanol–water partition coefficient (Wildman–Crippen LogP) is 2.98. The van der Waals surface area contributed by atoms with Crippen molar-refractivity contribution >= 4 is 0 Å². The van der Waals surface area contributed by atoms with Crippen LogP contribution in [0.2, 0.25) is 0 Å². The molecule has 0 atom stereocenters. The summed E-state index contributed by atoms with van der Waals surface area (Å²) in [6.07, 6.45) is 2.84. The molecule has 1 aliphatic carbocycles. The Labute approximate surface area is 97.8 Å². The summed E-state index contributed by atoms with van der Waals surface area (Å²) in [7, 11) is 0. The lowest BCUT2D eigenvalue weighted by molar-refractivity contribution is 0.302. The molecule has 0 radical (unpaired) electrons. The molecule has 2 nitrogen and oxygen atoms in total. The molecule has 2 rings (SSSR count). The van der Waals surface area contributed by atoms with Crippen molar-refractivity contribution in [1.29, 1.82) is 0 Å². The average Bonchev–Trinajstić information content (AvgIpc) is 3.00. The number of ether oxygens (including phenoxy) is 1. The van der Waals surface area contributed by atoms with Gasteiger partial charge in [-0.05, 0) is 41.5 Å². The Morgan fingerprint density at radius 1 is 1.31 bits per heavy atom. The fourth-order valence-electron chi connectivity index (χ4n) is 1.92. The summed E-state index contributed by atoms with van der Waals surface area (Å²) in [4.78, 5) is 0. The number of rotatable bonds is 3. The van der Waals surface area contributed by atoms with Crippen molar-refractivity contribution in [3.63, 3.8) is 0 Å². The highest BCUT2D eigenvalue weighted by Crippen LogP contribution is 2.31. The molecule has 0 bridgehead atoms. The van der Waals surface area contributed by atoms with Gasteiger partial charge >= 0.3 is 0 Å². The van der Waals surface area contributed by atoms with E-state index in [1.165, 1.54) is 24.0 Å². The first kappa shape index (κ1) is 11.5. The molecule has 0 aromatic heterocycles. The SMILES string of the molecule is CC(C)(C)c1ccc(OC2CC2)cc1CN. The Bertz CT molecular complexity index is 375. The lowest BCUT2D eigenvalue weighted by Gasteiger charge is -2.23. The second-order valence-corrected chi connectivity index (χ2v) is 5.59. The molecule has 1 aliphatic rings. The first-order valence-electron chi connectivity index (χ1n) is 6.01. The van der Waals surface area contributed by atoms with Crippen molar-refractivity contribution in [2.45, 2.75) is 51.7 Å². The number of nitrogens with two attached hydrogens (primary N) is 1. The van der Waals surface area contributed by atoms with Crippen molar-refractivity contribution in [3.8, 4) is 5.75 Å². The molecule has 1 saturated carbocycles. The summed E-state index contributed by atoms with van der Waals surface area (Å²) in [5, 5.41) is 0. The Hall–Kier alpha value is -1.02. The molecule has 88 valence electrons. The maximum absolute atomic E-state index is 5.81. The molecule has 2 heteroatoms. The third kappa shape index (κ3) is 2.56. The molecule has 16 heavy (non-hydrogen) atoms. The smallest absolute Gasteiger partial charge is 0.120 e. The van der Waals surface area contributed by atoms with Gasteiger partial charge in [0.1, 0.15) is 5.75 Å². The van der Waals surface area contributed by atoms with E-state index in [1.807, 2.05) is 0 Å². The van der Waals surface area contributed by atoms with Gasteiger partial charge in [0.05, 0.1) is 6.10 Å². The van der Waals surface area contributed by atoms with E-state index >= 15 is 0 Å². The Balaban J connectivity index is 2.26. The molecule has 2 N–H and O–H groups in total. The van der Waals surface area contributed by atoms with Crippen LogP contribution in [0.3, 0.4) is 0 Å². The largest absolute Gasteiger partial charge is 0.490 e. The van der Waals surface area contributed by atoms with Gasteiger partial charge in [-0.1, -0.05) is 26.8 Å². The van der Waals surface area contributed by atoms with Gasteiger partial charge in [-0.2, -0.15) is 0 Å². The van der Waals surface area contributed by atoms with Crippen LogP contribution in [0.15, 0.2) is 18.2 Å². The lowest BCUT2D eigenvalue weighted by atomic mass is 9.83. The van der Waals surface area contributed by atoms with E-state index in [4.69, 9.17) is 10.5 Å². The van der Waals surface area contributed by atoms with Crippen LogP contribution in [0.4, 0.5) is 0 Å². The highest BCUT2D eigenvalue weighted by Gasteiger charge is 2.24. The molecule has 0 saturated heterocycles. The van der Waals surface area contributed by atoms with E-state index < -0.39 is 0 Å². The topological polar surface area (TPSA) is 35.2 Å². The predicted molar refractivity (Wildman–Crippen MR) is 66.7 cm³/mol. The van der Waals surface area contributed by atoms with E-state index in [0.717, 1.165) is 5.75 Å². The zero-order chi connectivity index (χ0) is 11.8.